The second-order valence-electron chi connectivity index (χ2n) is 3.87. The van der Waals surface area contributed by atoms with E-state index in [0.717, 1.165) is 13.0 Å². The molecule has 2 nitrogen and oxygen atoms in total. The van der Waals surface area contributed by atoms with Crippen molar-refractivity contribution in [2.45, 2.75) is 33.2 Å². The van der Waals surface area contributed by atoms with Crippen molar-refractivity contribution in [2.75, 3.05) is 11.9 Å². The first-order valence-electron chi connectivity index (χ1n) is 5.20. The maximum Gasteiger partial charge on any atom is 0.0373 e. The Morgan fingerprint density at radius 3 is 2.71 bits per heavy atom. The Bertz CT molecular complexity index is 294. The Morgan fingerprint density at radius 2 is 2.07 bits per heavy atom. The maximum absolute atomic E-state index is 5.85. The van der Waals surface area contributed by atoms with Gasteiger partial charge in [0.25, 0.3) is 0 Å². The standard InChI is InChI=1S/C12H20N2/c1-4-11(13)8-14-12-7-9(2)5-6-10(12)3/h5-7,11,14H,4,8,13H2,1-3H3. The van der Waals surface area contributed by atoms with Crippen LogP contribution in [0.25, 0.3) is 0 Å². The molecule has 0 saturated carbocycles. The van der Waals surface area contributed by atoms with Crippen LogP contribution in [0.3, 0.4) is 0 Å². The van der Waals surface area contributed by atoms with Gasteiger partial charge >= 0.3 is 0 Å². The van der Waals surface area contributed by atoms with Crippen molar-refractivity contribution in [1.29, 1.82) is 0 Å². The summed E-state index contributed by atoms with van der Waals surface area (Å²) in [5, 5.41) is 3.38. The van der Waals surface area contributed by atoms with Crippen molar-refractivity contribution in [3.63, 3.8) is 0 Å². The highest BCUT2D eigenvalue weighted by Crippen LogP contribution is 2.15. The molecule has 78 valence electrons. The summed E-state index contributed by atoms with van der Waals surface area (Å²) >= 11 is 0. The molecule has 2 heteroatoms. The lowest BCUT2D eigenvalue weighted by Gasteiger charge is -2.13. The Morgan fingerprint density at radius 1 is 1.36 bits per heavy atom. The third kappa shape index (κ3) is 3.04. The summed E-state index contributed by atoms with van der Waals surface area (Å²) in [7, 11) is 0. The third-order valence-corrected chi connectivity index (χ3v) is 2.47. The number of nitrogens with two attached hydrogens (primary N) is 1. The second kappa shape index (κ2) is 5.01. The van der Waals surface area contributed by atoms with Crippen molar-refractivity contribution in [3.05, 3.63) is 29.3 Å². The zero-order valence-corrected chi connectivity index (χ0v) is 9.30. The maximum atomic E-state index is 5.85. The minimum Gasteiger partial charge on any atom is -0.383 e. The lowest BCUT2D eigenvalue weighted by molar-refractivity contribution is 0.679. The second-order valence-corrected chi connectivity index (χ2v) is 3.87. The Kier molecular flexibility index (Phi) is 3.96. The predicted molar refractivity (Wildman–Crippen MR) is 62.7 cm³/mol. The van der Waals surface area contributed by atoms with E-state index in [4.69, 9.17) is 5.73 Å². The zero-order valence-electron chi connectivity index (χ0n) is 9.30. The SMILES string of the molecule is CCC(N)CNc1cc(C)ccc1C. The van der Waals surface area contributed by atoms with E-state index in [2.05, 4.69) is 44.3 Å². The zero-order chi connectivity index (χ0) is 10.6. The summed E-state index contributed by atoms with van der Waals surface area (Å²) in [4.78, 5) is 0. The van der Waals surface area contributed by atoms with Gasteiger partial charge in [-0.05, 0) is 37.5 Å². The summed E-state index contributed by atoms with van der Waals surface area (Å²) in [6, 6.07) is 6.67. The first kappa shape index (κ1) is 11.1. The Balaban J connectivity index is 2.62. The number of anilines is 1. The van der Waals surface area contributed by atoms with E-state index in [1.165, 1.54) is 16.8 Å². The molecule has 1 rings (SSSR count). The van der Waals surface area contributed by atoms with Gasteiger partial charge in [-0.1, -0.05) is 19.1 Å². The van der Waals surface area contributed by atoms with Crippen molar-refractivity contribution >= 4 is 5.69 Å². The minimum atomic E-state index is 0.245. The number of hydrogen-bond donors (Lipinski definition) is 2. The molecule has 0 aliphatic rings. The van der Waals surface area contributed by atoms with Crippen molar-refractivity contribution < 1.29 is 0 Å². The topological polar surface area (TPSA) is 38.0 Å². The van der Waals surface area contributed by atoms with Gasteiger partial charge in [-0.15, -0.1) is 0 Å². The van der Waals surface area contributed by atoms with E-state index in [-0.39, 0.29) is 6.04 Å². The lowest BCUT2D eigenvalue weighted by Crippen LogP contribution is -2.28. The molecule has 14 heavy (non-hydrogen) atoms. The van der Waals surface area contributed by atoms with Gasteiger partial charge in [0.1, 0.15) is 0 Å². The molecule has 1 aromatic carbocycles. The fraction of sp³-hybridized carbons (Fsp3) is 0.500. The largest absolute Gasteiger partial charge is 0.383 e. The molecular weight excluding hydrogens is 172 g/mol. The molecule has 0 spiro atoms. The fourth-order valence-corrected chi connectivity index (χ4v) is 1.31. The Hall–Kier alpha value is -1.02. The van der Waals surface area contributed by atoms with E-state index < -0.39 is 0 Å². The van der Waals surface area contributed by atoms with E-state index >= 15 is 0 Å². The van der Waals surface area contributed by atoms with Crippen LogP contribution in [0.2, 0.25) is 0 Å². The van der Waals surface area contributed by atoms with Gasteiger partial charge in [0.05, 0.1) is 0 Å². The van der Waals surface area contributed by atoms with Crippen LogP contribution >= 0.6 is 0 Å². The number of rotatable bonds is 4. The van der Waals surface area contributed by atoms with E-state index in [1.54, 1.807) is 0 Å². The quantitative estimate of drug-likeness (QED) is 0.769. The molecular formula is C12H20N2. The molecule has 0 fully saturated rings. The number of benzene rings is 1. The highest BCUT2D eigenvalue weighted by Gasteiger charge is 2.01. The number of nitrogens with one attached hydrogen (secondary N) is 1. The van der Waals surface area contributed by atoms with Crippen LogP contribution in [0.5, 0.6) is 0 Å². The van der Waals surface area contributed by atoms with Gasteiger partial charge in [-0.3, -0.25) is 0 Å². The van der Waals surface area contributed by atoms with E-state index in [1.807, 2.05) is 0 Å². The lowest BCUT2D eigenvalue weighted by atomic mass is 10.1. The van der Waals surface area contributed by atoms with Gasteiger partial charge in [-0.25, -0.2) is 0 Å². The van der Waals surface area contributed by atoms with Crippen LogP contribution in [-0.4, -0.2) is 12.6 Å². The van der Waals surface area contributed by atoms with Gasteiger partial charge in [0, 0.05) is 18.3 Å². The van der Waals surface area contributed by atoms with Gasteiger partial charge in [0.2, 0.25) is 0 Å². The summed E-state index contributed by atoms with van der Waals surface area (Å²) in [5.74, 6) is 0. The molecule has 1 unspecified atom stereocenters. The first-order chi connectivity index (χ1) is 6.63. The molecule has 1 aromatic rings. The average Bonchev–Trinajstić information content (AvgIpc) is 2.19. The number of aryl methyl sites for hydroxylation is 2. The Labute approximate surface area is 86.5 Å². The van der Waals surface area contributed by atoms with Crippen molar-refractivity contribution in [1.82, 2.24) is 0 Å². The first-order valence-corrected chi connectivity index (χ1v) is 5.20. The van der Waals surface area contributed by atoms with Crippen LogP contribution in [0.15, 0.2) is 18.2 Å². The fourth-order valence-electron chi connectivity index (χ4n) is 1.31. The summed E-state index contributed by atoms with van der Waals surface area (Å²) in [5.41, 5.74) is 9.61. The molecule has 0 bridgehead atoms. The van der Waals surface area contributed by atoms with Gasteiger partial charge < -0.3 is 11.1 Å². The highest BCUT2D eigenvalue weighted by molar-refractivity contribution is 5.52. The minimum absolute atomic E-state index is 0.245. The predicted octanol–water partition coefficient (Wildman–Crippen LogP) is 2.45. The van der Waals surface area contributed by atoms with Crippen LogP contribution < -0.4 is 11.1 Å². The van der Waals surface area contributed by atoms with Gasteiger partial charge in [0.15, 0.2) is 0 Å². The summed E-state index contributed by atoms with van der Waals surface area (Å²) in [6.07, 6.45) is 1.01. The van der Waals surface area contributed by atoms with Crippen LogP contribution in [-0.2, 0) is 0 Å². The molecule has 0 heterocycles. The normalized spacial score (nSPS) is 12.6. The highest BCUT2D eigenvalue weighted by atomic mass is 14.9. The molecule has 0 aliphatic carbocycles. The van der Waals surface area contributed by atoms with Crippen molar-refractivity contribution in [2.24, 2.45) is 5.73 Å². The monoisotopic (exact) mass is 192 g/mol. The molecule has 0 saturated heterocycles. The van der Waals surface area contributed by atoms with E-state index in [0.29, 0.717) is 0 Å². The molecule has 0 radical (unpaired) electrons. The summed E-state index contributed by atoms with van der Waals surface area (Å²) in [6.45, 7) is 7.17. The molecule has 0 amide bonds. The number of hydrogen-bond acceptors (Lipinski definition) is 2. The van der Waals surface area contributed by atoms with Crippen LogP contribution in [0, 0.1) is 13.8 Å². The summed E-state index contributed by atoms with van der Waals surface area (Å²) < 4.78 is 0. The van der Waals surface area contributed by atoms with Crippen molar-refractivity contribution in [3.8, 4) is 0 Å². The molecule has 3 N–H and O–H groups in total. The third-order valence-electron chi connectivity index (χ3n) is 2.47. The molecule has 1 atom stereocenters. The van der Waals surface area contributed by atoms with Gasteiger partial charge in [-0.2, -0.15) is 0 Å². The molecule has 0 aromatic heterocycles. The van der Waals surface area contributed by atoms with Crippen LogP contribution in [0.1, 0.15) is 24.5 Å². The van der Waals surface area contributed by atoms with Crippen LogP contribution in [0.4, 0.5) is 5.69 Å². The smallest absolute Gasteiger partial charge is 0.0373 e. The van der Waals surface area contributed by atoms with E-state index in [9.17, 15) is 0 Å². The average molecular weight is 192 g/mol. The molecule has 0 aliphatic heterocycles.